The van der Waals surface area contributed by atoms with Crippen LogP contribution in [0.1, 0.15) is 16.8 Å². The van der Waals surface area contributed by atoms with Gasteiger partial charge < -0.3 is 14.7 Å². The molecule has 6 nitrogen and oxygen atoms in total. The van der Waals surface area contributed by atoms with Crippen LogP contribution in [0.25, 0.3) is 0 Å². The molecule has 2 aromatic rings. The maximum atomic E-state index is 13.0. The molecule has 2 aliphatic rings. The van der Waals surface area contributed by atoms with Crippen LogP contribution in [-0.4, -0.2) is 60.2 Å². The lowest BCUT2D eigenvalue weighted by Gasteiger charge is -2.36. The fourth-order valence-corrected chi connectivity index (χ4v) is 4.24. The minimum atomic E-state index is -0.380. The van der Waals surface area contributed by atoms with Gasteiger partial charge in [0, 0.05) is 60.4 Å². The molecule has 2 aliphatic heterocycles. The molecule has 0 bridgehead atoms. The first-order chi connectivity index (χ1) is 14.4. The molecule has 156 valence electrons. The first-order valence-corrected chi connectivity index (χ1v) is 10.6. The third-order valence-electron chi connectivity index (χ3n) is 5.56. The fourth-order valence-electron chi connectivity index (χ4n) is 3.93. The average Bonchev–Trinajstić information content (AvgIpc) is 3.15. The number of benzene rings is 2. The fraction of sp³-hybridized carbons (Fsp3) is 0.318. The van der Waals surface area contributed by atoms with Gasteiger partial charge in [0.1, 0.15) is 0 Å². The van der Waals surface area contributed by atoms with E-state index in [1.807, 2.05) is 6.07 Å². The molecule has 2 aromatic carbocycles. The summed E-state index contributed by atoms with van der Waals surface area (Å²) in [5, 5.41) is 1.14. The molecule has 0 spiro atoms. The van der Waals surface area contributed by atoms with Gasteiger partial charge in [-0.3, -0.25) is 14.4 Å². The molecule has 0 N–H and O–H groups in total. The van der Waals surface area contributed by atoms with Gasteiger partial charge in [-0.2, -0.15) is 0 Å². The van der Waals surface area contributed by atoms with E-state index in [9.17, 15) is 14.4 Å². The highest BCUT2D eigenvalue weighted by molar-refractivity contribution is 6.31. The van der Waals surface area contributed by atoms with Crippen molar-refractivity contribution in [2.45, 2.75) is 6.42 Å². The highest BCUT2D eigenvalue weighted by Gasteiger charge is 2.38. The molecule has 3 amide bonds. The van der Waals surface area contributed by atoms with Crippen molar-refractivity contribution in [3.05, 3.63) is 64.1 Å². The zero-order chi connectivity index (χ0) is 21.3. The first kappa shape index (κ1) is 20.7. The van der Waals surface area contributed by atoms with E-state index in [1.165, 1.54) is 0 Å². The van der Waals surface area contributed by atoms with Crippen molar-refractivity contribution >= 4 is 46.6 Å². The van der Waals surface area contributed by atoms with Gasteiger partial charge in [0.25, 0.3) is 5.91 Å². The van der Waals surface area contributed by atoms with Gasteiger partial charge in [-0.25, -0.2) is 0 Å². The number of hydrogen-bond donors (Lipinski definition) is 0. The van der Waals surface area contributed by atoms with Gasteiger partial charge in [-0.15, -0.1) is 0 Å². The smallest absolute Gasteiger partial charge is 0.253 e. The van der Waals surface area contributed by atoms with Crippen LogP contribution in [0.5, 0.6) is 0 Å². The predicted molar refractivity (Wildman–Crippen MR) is 116 cm³/mol. The van der Waals surface area contributed by atoms with Crippen LogP contribution in [0.4, 0.5) is 5.69 Å². The number of anilines is 1. The summed E-state index contributed by atoms with van der Waals surface area (Å²) in [4.78, 5) is 43.2. The molecule has 0 saturated carbocycles. The van der Waals surface area contributed by atoms with Crippen LogP contribution in [0.15, 0.2) is 48.5 Å². The zero-order valence-electron chi connectivity index (χ0n) is 16.3. The summed E-state index contributed by atoms with van der Waals surface area (Å²) in [7, 11) is 0. The summed E-state index contributed by atoms with van der Waals surface area (Å²) >= 11 is 11.9. The minimum absolute atomic E-state index is 0.0357. The lowest BCUT2D eigenvalue weighted by Crippen LogP contribution is -2.52. The molecular weight excluding hydrogens is 425 g/mol. The molecular formula is C22H21Cl2N3O3. The quantitative estimate of drug-likeness (QED) is 0.727. The van der Waals surface area contributed by atoms with Gasteiger partial charge in [-0.1, -0.05) is 29.3 Å². The van der Waals surface area contributed by atoms with Crippen LogP contribution in [-0.2, 0) is 9.59 Å². The third-order valence-corrected chi connectivity index (χ3v) is 6.05. The summed E-state index contributed by atoms with van der Waals surface area (Å²) < 4.78 is 0. The Bertz CT molecular complexity index is 972. The summed E-state index contributed by atoms with van der Waals surface area (Å²) in [5.41, 5.74) is 1.29. The van der Waals surface area contributed by atoms with Crippen LogP contribution >= 0.6 is 23.2 Å². The van der Waals surface area contributed by atoms with Crippen molar-refractivity contribution in [1.29, 1.82) is 0 Å². The molecule has 0 aliphatic carbocycles. The Morgan fingerprint density at radius 1 is 0.867 bits per heavy atom. The van der Waals surface area contributed by atoms with Crippen LogP contribution in [0.3, 0.4) is 0 Å². The normalized spacial score (nSPS) is 19.3. The maximum Gasteiger partial charge on any atom is 0.253 e. The molecule has 2 fully saturated rings. The van der Waals surface area contributed by atoms with Crippen molar-refractivity contribution in [1.82, 2.24) is 9.80 Å². The molecule has 30 heavy (non-hydrogen) atoms. The second-order valence-corrected chi connectivity index (χ2v) is 8.38. The number of amides is 3. The monoisotopic (exact) mass is 445 g/mol. The highest BCUT2D eigenvalue weighted by Crippen LogP contribution is 2.28. The van der Waals surface area contributed by atoms with E-state index in [4.69, 9.17) is 23.2 Å². The Morgan fingerprint density at radius 3 is 2.20 bits per heavy atom. The lowest BCUT2D eigenvalue weighted by molar-refractivity contribution is -0.137. The van der Waals surface area contributed by atoms with E-state index in [0.29, 0.717) is 54.0 Å². The topological polar surface area (TPSA) is 60.9 Å². The highest BCUT2D eigenvalue weighted by atomic mass is 35.5. The third kappa shape index (κ3) is 4.30. The van der Waals surface area contributed by atoms with E-state index >= 15 is 0 Å². The zero-order valence-corrected chi connectivity index (χ0v) is 17.8. The summed E-state index contributed by atoms with van der Waals surface area (Å²) in [6, 6.07) is 13.9. The van der Waals surface area contributed by atoms with Gasteiger partial charge in [-0.05, 0) is 42.5 Å². The van der Waals surface area contributed by atoms with Crippen molar-refractivity contribution in [3.8, 4) is 0 Å². The van der Waals surface area contributed by atoms with Crippen molar-refractivity contribution in [2.75, 3.05) is 37.6 Å². The Balaban J connectivity index is 1.35. The predicted octanol–water partition coefficient (Wildman–Crippen LogP) is 3.33. The molecule has 2 saturated heterocycles. The Labute approximate surface area is 184 Å². The van der Waals surface area contributed by atoms with E-state index in [2.05, 4.69) is 0 Å². The summed E-state index contributed by atoms with van der Waals surface area (Å²) in [6.07, 6.45) is 0.190. The molecule has 8 heteroatoms. The lowest BCUT2D eigenvalue weighted by atomic mass is 10.1. The van der Waals surface area contributed by atoms with E-state index in [0.717, 1.165) is 0 Å². The van der Waals surface area contributed by atoms with Gasteiger partial charge in [0.15, 0.2) is 0 Å². The standard InChI is InChI=1S/C22H21Cl2N3O3/c23-17-6-4-15(5-7-17)21(29)25-8-10-26(11-9-25)22(30)16-12-20(28)27(14-16)19-3-1-2-18(24)13-19/h1-7,13,16H,8-12,14H2. The Morgan fingerprint density at radius 2 is 1.53 bits per heavy atom. The number of halogens is 2. The van der Waals surface area contributed by atoms with Gasteiger partial charge in [0.05, 0.1) is 5.92 Å². The average molecular weight is 446 g/mol. The molecule has 1 atom stereocenters. The number of piperazine rings is 1. The number of carbonyl (C=O) groups excluding carboxylic acids is 3. The number of nitrogens with zero attached hydrogens (tertiary/aromatic N) is 3. The molecule has 2 heterocycles. The molecule has 1 unspecified atom stereocenters. The van der Waals surface area contributed by atoms with E-state index in [-0.39, 0.29) is 30.1 Å². The summed E-state index contributed by atoms with van der Waals surface area (Å²) in [5.74, 6) is -0.560. The second kappa shape index (κ2) is 8.66. The van der Waals surface area contributed by atoms with Crippen molar-refractivity contribution < 1.29 is 14.4 Å². The Hall–Kier alpha value is -2.57. The molecule has 4 rings (SSSR count). The molecule has 0 radical (unpaired) electrons. The largest absolute Gasteiger partial charge is 0.339 e. The van der Waals surface area contributed by atoms with Crippen LogP contribution in [0, 0.1) is 5.92 Å². The first-order valence-electron chi connectivity index (χ1n) is 9.82. The SMILES string of the molecule is O=C(c1ccc(Cl)cc1)N1CCN(C(=O)C2CC(=O)N(c3cccc(Cl)c3)C2)CC1. The van der Waals surface area contributed by atoms with Crippen LogP contribution in [0.2, 0.25) is 10.0 Å². The van der Waals surface area contributed by atoms with Gasteiger partial charge >= 0.3 is 0 Å². The number of carbonyl (C=O) groups is 3. The molecule has 0 aromatic heterocycles. The van der Waals surface area contributed by atoms with Crippen molar-refractivity contribution in [2.24, 2.45) is 5.92 Å². The maximum absolute atomic E-state index is 13.0. The number of rotatable bonds is 3. The van der Waals surface area contributed by atoms with Gasteiger partial charge in [0.2, 0.25) is 11.8 Å². The number of hydrogen-bond acceptors (Lipinski definition) is 3. The minimum Gasteiger partial charge on any atom is -0.339 e. The van der Waals surface area contributed by atoms with E-state index < -0.39 is 0 Å². The van der Waals surface area contributed by atoms with E-state index in [1.54, 1.807) is 57.2 Å². The second-order valence-electron chi connectivity index (χ2n) is 7.51. The van der Waals surface area contributed by atoms with Crippen molar-refractivity contribution in [3.63, 3.8) is 0 Å². The summed E-state index contributed by atoms with van der Waals surface area (Å²) in [6.45, 7) is 2.19. The van der Waals surface area contributed by atoms with Crippen LogP contribution < -0.4 is 4.90 Å². The Kier molecular flexibility index (Phi) is 5.97.